The maximum absolute atomic E-state index is 13.8. The van der Waals surface area contributed by atoms with Gasteiger partial charge >= 0.3 is 5.97 Å². The van der Waals surface area contributed by atoms with Crippen LogP contribution in [0.3, 0.4) is 0 Å². The van der Waals surface area contributed by atoms with E-state index in [0.29, 0.717) is 0 Å². The fraction of sp³-hybridized carbons (Fsp3) is 0.133. The Labute approximate surface area is 119 Å². The molecule has 3 nitrogen and oxygen atoms in total. The summed E-state index contributed by atoms with van der Waals surface area (Å²) < 4.78 is 45.3. The first kappa shape index (κ1) is 14.9. The predicted molar refractivity (Wildman–Crippen MR) is 71.1 cm³/mol. The monoisotopic (exact) mass is 295 g/mol. The number of benzene rings is 2. The van der Waals surface area contributed by atoms with Crippen LogP contribution in [-0.4, -0.2) is 13.1 Å². The summed E-state index contributed by atoms with van der Waals surface area (Å²) in [6.45, 7) is 0. The molecular weight excluding hydrogens is 283 g/mol. The second kappa shape index (κ2) is 6.30. The van der Waals surface area contributed by atoms with Crippen LogP contribution < -0.4 is 5.32 Å². The summed E-state index contributed by atoms with van der Waals surface area (Å²) in [6, 6.07) is 6.90. The van der Waals surface area contributed by atoms with E-state index >= 15 is 0 Å². The van der Waals surface area contributed by atoms with Crippen LogP contribution in [0.25, 0.3) is 0 Å². The number of hydrogen-bond acceptors (Lipinski definition) is 3. The number of ether oxygens (including phenoxy) is 1. The van der Waals surface area contributed by atoms with Crippen LogP contribution in [0.2, 0.25) is 0 Å². The van der Waals surface area contributed by atoms with Crippen LogP contribution in [0.4, 0.5) is 18.9 Å². The van der Waals surface area contributed by atoms with Gasteiger partial charge in [-0.3, -0.25) is 0 Å². The molecule has 2 aromatic carbocycles. The number of nitrogens with one attached hydrogen (secondary N) is 1. The number of para-hydroxylation sites is 1. The van der Waals surface area contributed by atoms with Gasteiger partial charge in [0.05, 0.1) is 12.8 Å². The first-order chi connectivity index (χ1) is 10.0. The van der Waals surface area contributed by atoms with E-state index in [4.69, 9.17) is 0 Å². The van der Waals surface area contributed by atoms with E-state index in [1.807, 2.05) is 0 Å². The van der Waals surface area contributed by atoms with Crippen LogP contribution in [-0.2, 0) is 9.53 Å². The molecule has 0 spiro atoms. The Kier molecular flexibility index (Phi) is 4.47. The lowest BCUT2D eigenvalue weighted by molar-refractivity contribution is -0.141. The minimum absolute atomic E-state index is 0.0171. The molecule has 0 amide bonds. The van der Waals surface area contributed by atoms with Gasteiger partial charge in [0.15, 0.2) is 6.04 Å². The molecule has 6 heteroatoms. The first-order valence-corrected chi connectivity index (χ1v) is 6.06. The van der Waals surface area contributed by atoms with Crippen LogP contribution in [0.5, 0.6) is 0 Å². The van der Waals surface area contributed by atoms with Gasteiger partial charge in [-0.2, -0.15) is 0 Å². The van der Waals surface area contributed by atoms with Gasteiger partial charge in [0.25, 0.3) is 0 Å². The molecule has 110 valence electrons. The molecule has 0 saturated carbocycles. The van der Waals surface area contributed by atoms with Crippen molar-refractivity contribution in [2.24, 2.45) is 0 Å². The molecule has 1 atom stereocenters. The van der Waals surface area contributed by atoms with E-state index in [0.717, 1.165) is 25.3 Å². The van der Waals surface area contributed by atoms with E-state index in [2.05, 4.69) is 10.1 Å². The maximum atomic E-state index is 13.8. The van der Waals surface area contributed by atoms with Crippen molar-refractivity contribution in [2.45, 2.75) is 6.04 Å². The molecule has 2 aromatic rings. The molecule has 0 aliphatic carbocycles. The summed E-state index contributed by atoms with van der Waals surface area (Å²) in [7, 11) is 1.11. The third-order valence-corrected chi connectivity index (χ3v) is 2.88. The fourth-order valence-electron chi connectivity index (χ4n) is 1.85. The van der Waals surface area contributed by atoms with E-state index in [9.17, 15) is 18.0 Å². The molecule has 0 fully saturated rings. The molecule has 0 saturated heterocycles. The quantitative estimate of drug-likeness (QED) is 0.878. The Morgan fingerprint density at radius 1 is 1.10 bits per heavy atom. The predicted octanol–water partition coefficient (Wildman–Crippen LogP) is 3.43. The highest BCUT2D eigenvalue weighted by Gasteiger charge is 2.25. The minimum Gasteiger partial charge on any atom is -0.467 e. The number of halogens is 3. The second-order valence-corrected chi connectivity index (χ2v) is 4.25. The van der Waals surface area contributed by atoms with Gasteiger partial charge in [0.1, 0.15) is 17.5 Å². The Hall–Kier alpha value is -2.50. The normalized spacial score (nSPS) is 11.8. The van der Waals surface area contributed by atoms with Crippen molar-refractivity contribution in [1.29, 1.82) is 0 Å². The minimum atomic E-state index is -1.36. The molecular formula is C15H12F3NO2. The molecule has 1 unspecified atom stereocenters. The second-order valence-electron chi connectivity index (χ2n) is 4.25. The molecule has 1 N–H and O–H groups in total. The van der Waals surface area contributed by atoms with E-state index < -0.39 is 29.5 Å². The van der Waals surface area contributed by atoms with Gasteiger partial charge in [-0.25, -0.2) is 18.0 Å². The number of anilines is 1. The Morgan fingerprint density at radius 2 is 1.81 bits per heavy atom. The number of rotatable bonds is 4. The summed E-state index contributed by atoms with van der Waals surface area (Å²) in [6.07, 6.45) is 0. The number of carbonyl (C=O) groups excluding carboxylic acids is 1. The summed E-state index contributed by atoms with van der Waals surface area (Å²) in [5.41, 5.74) is -0.276. The molecule has 0 aliphatic heterocycles. The lowest BCUT2D eigenvalue weighted by Gasteiger charge is -2.19. The van der Waals surface area contributed by atoms with Crippen molar-refractivity contribution in [3.05, 3.63) is 65.5 Å². The third kappa shape index (κ3) is 3.34. The van der Waals surface area contributed by atoms with Crippen LogP contribution in [0.15, 0.2) is 42.5 Å². The molecule has 0 bridgehead atoms. The fourth-order valence-corrected chi connectivity index (χ4v) is 1.85. The number of esters is 1. The van der Waals surface area contributed by atoms with Gasteiger partial charge in [-0.1, -0.05) is 12.1 Å². The number of carbonyl (C=O) groups is 1. The van der Waals surface area contributed by atoms with Crippen LogP contribution in [0, 0.1) is 17.5 Å². The number of hydrogen-bond donors (Lipinski definition) is 1. The zero-order chi connectivity index (χ0) is 15.4. The lowest BCUT2D eigenvalue weighted by atomic mass is 10.1. The molecule has 0 aliphatic rings. The van der Waals surface area contributed by atoms with Gasteiger partial charge in [0.2, 0.25) is 0 Å². The van der Waals surface area contributed by atoms with Gasteiger partial charge in [-0.15, -0.1) is 0 Å². The smallest absolute Gasteiger partial charge is 0.333 e. The van der Waals surface area contributed by atoms with Crippen molar-refractivity contribution < 1.29 is 22.7 Å². The summed E-state index contributed by atoms with van der Waals surface area (Å²) in [5.74, 6) is -2.99. The Morgan fingerprint density at radius 3 is 2.48 bits per heavy atom. The van der Waals surface area contributed by atoms with Gasteiger partial charge in [0, 0.05) is 5.56 Å². The maximum Gasteiger partial charge on any atom is 0.333 e. The SMILES string of the molecule is COC(=O)C(Nc1ccccc1F)c1cc(F)ccc1F. The topological polar surface area (TPSA) is 38.3 Å². The average Bonchev–Trinajstić information content (AvgIpc) is 2.48. The zero-order valence-corrected chi connectivity index (χ0v) is 11.1. The highest BCUT2D eigenvalue weighted by Crippen LogP contribution is 2.25. The van der Waals surface area contributed by atoms with E-state index in [1.54, 1.807) is 6.07 Å². The van der Waals surface area contributed by atoms with Crippen molar-refractivity contribution >= 4 is 11.7 Å². The number of methoxy groups -OCH3 is 1. The molecule has 0 heterocycles. The summed E-state index contributed by atoms with van der Waals surface area (Å²) >= 11 is 0. The average molecular weight is 295 g/mol. The van der Waals surface area contributed by atoms with Gasteiger partial charge in [-0.05, 0) is 30.3 Å². The largest absolute Gasteiger partial charge is 0.467 e. The van der Waals surface area contributed by atoms with Crippen molar-refractivity contribution in [3.8, 4) is 0 Å². The van der Waals surface area contributed by atoms with E-state index in [-0.39, 0.29) is 11.3 Å². The highest BCUT2D eigenvalue weighted by molar-refractivity contribution is 5.81. The van der Waals surface area contributed by atoms with Crippen molar-refractivity contribution in [3.63, 3.8) is 0 Å². The van der Waals surface area contributed by atoms with Crippen molar-refractivity contribution in [1.82, 2.24) is 0 Å². The molecule has 0 aromatic heterocycles. The summed E-state index contributed by atoms with van der Waals surface area (Å²) in [5, 5.41) is 2.53. The zero-order valence-electron chi connectivity index (χ0n) is 11.1. The molecule has 21 heavy (non-hydrogen) atoms. The molecule has 0 radical (unpaired) electrons. The molecule has 2 rings (SSSR count). The Bertz CT molecular complexity index is 661. The first-order valence-electron chi connectivity index (χ1n) is 6.06. The summed E-state index contributed by atoms with van der Waals surface area (Å²) in [4.78, 5) is 11.8. The van der Waals surface area contributed by atoms with Crippen molar-refractivity contribution in [2.75, 3.05) is 12.4 Å². The standard InChI is InChI=1S/C15H12F3NO2/c1-21-15(20)14(10-8-9(16)6-7-11(10)17)19-13-5-3-2-4-12(13)18/h2-8,14,19H,1H3. The highest BCUT2D eigenvalue weighted by atomic mass is 19.1. The third-order valence-electron chi connectivity index (χ3n) is 2.88. The van der Waals surface area contributed by atoms with E-state index in [1.165, 1.54) is 18.2 Å². The van der Waals surface area contributed by atoms with Gasteiger partial charge < -0.3 is 10.1 Å². The van der Waals surface area contributed by atoms with Crippen LogP contribution in [0.1, 0.15) is 11.6 Å². The lowest BCUT2D eigenvalue weighted by Crippen LogP contribution is -2.24. The van der Waals surface area contributed by atoms with Crippen LogP contribution >= 0.6 is 0 Å². The Balaban J connectivity index is 2.42.